The van der Waals surface area contributed by atoms with Crippen LogP contribution in [-0.4, -0.2) is 12.2 Å². The van der Waals surface area contributed by atoms with Gasteiger partial charge in [-0.15, -0.1) is 0 Å². The fourth-order valence-corrected chi connectivity index (χ4v) is 2.20. The van der Waals surface area contributed by atoms with Gasteiger partial charge >= 0.3 is 0 Å². The highest BCUT2D eigenvalue weighted by Gasteiger charge is 2.09. The third kappa shape index (κ3) is 4.26. The molecule has 2 heteroatoms. The standard InChI is InChI=1S/C20H22O2/c1-15(2)9-12-18-19(21)13-17(14-20(18)22-3)11-10-16-7-5-4-6-8-16/h4-11,13-14,21H,12H2,1-3H3/b11-10+. The van der Waals surface area contributed by atoms with Crippen LogP contribution in [-0.2, 0) is 6.42 Å². The molecule has 1 N–H and O–H groups in total. The van der Waals surface area contributed by atoms with Crippen LogP contribution in [0, 0.1) is 0 Å². The molecule has 2 rings (SSSR count). The topological polar surface area (TPSA) is 29.5 Å². The van der Waals surface area contributed by atoms with Crippen molar-refractivity contribution >= 4 is 12.2 Å². The molecule has 0 atom stereocenters. The minimum Gasteiger partial charge on any atom is -0.507 e. The Kier molecular flexibility index (Phi) is 5.42. The summed E-state index contributed by atoms with van der Waals surface area (Å²) in [4.78, 5) is 0. The van der Waals surface area contributed by atoms with Gasteiger partial charge in [-0.25, -0.2) is 0 Å². The minimum absolute atomic E-state index is 0.268. The first-order valence-electron chi connectivity index (χ1n) is 7.36. The molecule has 0 saturated heterocycles. The van der Waals surface area contributed by atoms with Crippen LogP contribution in [0.25, 0.3) is 12.2 Å². The van der Waals surface area contributed by atoms with Crippen molar-refractivity contribution in [3.8, 4) is 11.5 Å². The van der Waals surface area contributed by atoms with E-state index in [1.807, 2.05) is 62.4 Å². The number of hydrogen-bond acceptors (Lipinski definition) is 2. The monoisotopic (exact) mass is 294 g/mol. The molecule has 0 heterocycles. The minimum atomic E-state index is 0.268. The summed E-state index contributed by atoms with van der Waals surface area (Å²) in [5.74, 6) is 0.981. The smallest absolute Gasteiger partial charge is 0.126 e. The molecule has 0 aliphatic rings. The van der Waals surface area contributed by atoms with Gasteiger partial charge in [0, 0.05) is 5.56 Å². The van der Waals surface area contributed by atoms with Crippen molar-refractivity contribution in [1.82, 2.24) is 0 Å². The molecule has 0 aliphatic heterocycles. The lowest BCUT2D eigenvalue weighted by Crippen LogP contribution is -1.93. The summed E-state index contributed by atoms with van der Waals surface area (Å²) in [5, 5.41) is 10.3. The van der Waals surface area contributed by atoms with Crippen molar-refractivity contribution in [1.29, 1.82) is 0 Å². The average Bonchev–Trinajstić information content (AvgIpc) is 2.52. The second-order valence-corrected chi connectivity index (χ2v) is 5.45. The molecular weight excluding hydrogens is 272 g/mol. The summed E-state index contributed by atoms with van der Waals surface area (Å²) < 4.78 is 5.43. The van der Waals surface area contributed by atoms with Crippen LogP contribution in [0.5, 0.6) is 11.5 Å². The van der Waals surface area contributed by atoms with Crippen LogP contribution >= 0.6 is 0 Å². The second-order valence-electron chi connectivity index (χ2n) is 5.45. The number of allylic oxidation sites excluding steroid dienone is 2. The maximum atomic E-state index is 10.3. The number of rotatable bonds is 5. The molecule has 114 valence electrons. The molecule has 2 aromatic rings. The van der Waals surface area contributed by atoms with Crippen LogP contribution in [0.3, 0.4) is 0 Å². The van der Waals surface area contributed by atoms with Gasteiger partial charge in [0.25, 0.3) is 0 Å². The van der Waals surface area contributed by atoms with E-state index < -0.39 is 0 Å². The third-order valence-electron chi connectivity index (χ3n) is 3.41. The zero-order chi connectivity index (χ0) is 15.9. The molecule has 2 nitrogen and oxygen atoms in total. The van der Waals surface area contributed by atoms with Gasteiger partial charge in [0.15, 0.2) is 0 Å². The summed E-state index contributed by atoms with van der Waals surface area (Å²) in [5.41, 5.74) is 4.07. The number of hydrogen-bond donors (Lipinski definition) is 1. The molecular formula is C20H22O2. The van der Waals surface area contributed by atoms with Crippen molar-refractivity contribution in [3.63, 3.8) is 0 Å². The Hall–Kier alpha value is -2.48. The van der Waals surface area contributed by atoms with Crippen LogP contribution in [0.1, 0.15) is 30.5 Å². The van der Waals surface area contributed by atoms with E-state index >= 15 is 0 Å². The second kappa shape index (κ2) is 7.51. The maximum absolute atomic E-state index is 10.3. The van der Waals surface area contributed by atoms with Crippen molar-refractivity contribution < 1.29 is 9.84 Å². The number of phenolic OH excluding ortho intramolecular Hbond substituents is 1. The SMILES string of the molecule is COc1cc(/C=C/c2ccccc2)cc(O)c1CC=C(C)C. The lowest BCUT2D eigenvalue weighted by Gasteiger charge is -2.10. The maximum Gasteiger partial charge on any atom is 0.126 e. The highest BCUT2D eigenvalue weighted by atomic mass is 16.5. The van der Waals surface area contributed by atoms with Gasteiger partial charge in [-0.3, -0.25) is 0 Å². The van der Waals surface area contributed by atoms with Gasteiger partial charge in [-0.2, -0.15) is 0 Å². The molecule has 0 aromatic heterocycles. The van der Waals surface area contributed by atoms with Crippen molar-refractivity contribution in [3.05, 3.63) is 70.8 Å². The predicted molar refractivity (Wildman–Crippen MR) is 93.2 cm³/mol. The Morgan fingerprint density at radius 2 is 1.73 bits per heavy atom. The molecule has 0 aliphatic carbocycles. The molecule has 0 unspecified atom stereocenters. The Morgan fingerprint density at radius 3 is 2.36 bits per heavy atom. The average molecular weight is 294 g/mol. The molecule has 0 spiro atoms. The molecule has 0 saturated carbocycles. The summed E-state index contributed by atoms with van der Waals surface area (Å²) in [7, 11) is 1.63. The van der Waals surface area contributed by atoms with Gasteiger partial charge in [0.2, 0.25) is 0 Å². The van der Waals surface area contributed by atoms with E-state index in [-0.39, 0.29) is 5.75 Å². The summed E-state index contributed by atoms with van der Waals surface area (Å²) in [6.07, 6.45) is 6.74. The zero-order valence-corrected chi connectivity index (χ0v) is 13.3. The highest BCUT2D eigenvalue weighted by Crippen LogP contribution is 2.31. The molecule has 2 aromatic carbocycles. The summed E-state index contributed by atoms with van der Waals surface area (Å²) in [6, 6.07) is 13.8. The first-order valence-corrected chi connectivity index (χ1v) is 7.36. The Balaban J connectivity index is 2.29. The highest BCUT2D eigenvalue weighted by molar-refractivity contribution is 5.71. The van der Waals surface area contributed by atoms with Crippen LogP contribution in [0.15, 0.2) is 54.1 Å². The van der Waals surface area contributed by atoms with E-state index in [9.17, 15) is 5.11 Å². The van der Waals surface area contributed by atoms with Crippen LogP contribution in [0.4, 0.5) is 0 Å². The third-order valence-corrected chi connectivity index (χ3v) is 3.41. The molecule has 0 amide bonds. The fraction of sp³-hybridized carbons (Fsp3) is 0.200. The molecule has 0 radical (unpaired) electrons. The van der Waals surface area contributed by atoms with Gasteiger partial charge in [-0.1, -0.05) is 54.1 Å². The number of ether oxygens (including phenoxy) is 1. The van der Waals surface area contributed by atoms with E-state index in [0.29, 0.717) is 12.2 Å². The fourth-order valence-electron chi connectivity index (χ4n) is 2.20. The van der Waals surface area contributed by atoms with Gasteiger partial charge in [-0.05, 0) is 43.5 Å². The number of phenols is 1. The molecule has 22 heavy (non-hydrogen) atoms. The zero-order valence-electron chi connectivity index (χ0n) is 13.3. The Labute approximate surface area is 132 Å². The quantitative estimate of drug-likeness (QED) is 0.615. The predicted octanol–water partition coefficient (Wildman–Crippen LogP) is 5.08. The van der Waals surface area contributed by atoms with E-state index in [1.165, 1.54) is 5.57 Å². The normalized spacial score (nSPS) is 10.7. The molecule has 0 bridgehead atoms. The number of benzene rings is 2. The Morgan fingerprint density at radius 1 is 1.05 bits per heavy atom. The first kappa shape index (κ1) is 15.9. The first-order chi connectivity index (χ1) is 10.6. The van der Waals surface area contributed by atoms with Crippen LogP contribution < -0.4 is 4.74 Å². The van der Waals surface area contributed by atoms with Crippen molar-refractivity contribution in [2.75, 3.05) is 7.11 Å². The molecule has 0 fully saturated rings. The van der Waals surface area contributed by atoms with Gasteiger partial charge < -0.3 is 9.84 Å². The van der Waals surface area contributed by atoms with Gasteiger partial charge in [0.05, 0.1) is 7.11 Å². The van der Waals surface area contributed by atoms with E-state index in [1.54, 1.807) is 13.2 Å². The summed E-state index contributed by atoms with van der Waals surface area (Å²) >= 11 is 0. The number of aromatic hydroxyl groups is 1. The Bertz CT molecular complexity index is 678. The largest absolute Gasteiger partial charge is 0.507 e. The lowest BCUT2D eigenvalue weighted by atomic mass is 10.0. The van der Waals surface area contributed by atoms with E-state index in [2.05, 4.69) is 6.08 Å². The van der Waals surface area contributed by atoms with E-state index in [4.69, 9.17) is 4.74 Å². The van der Waals surface area contributed by atoms with Crippen LogP contribution in [0.2, 0.25) is 0 Å². The van der Waals surface area contributed by atoms with Crippen molar-refractivity contribution in [2.24, 2.45) is 0 Å². The van der Waals surface area contributed by atoms with Gasteiger partial charge in [0.1, 0.15) is 11.5 Å². The number of methoxy groups -OCH3 is 1. The van der Waals surface area contributed by atoms with E-state index in [0.717, 1.165) is 16.7 Å². The lowest BCUT2D eigenvalue weighted by molar-refractivity contribution is 0.401. The van der Waals surface area contributed by atoms with Crippen molar-refractivity contribution in [2.45, 2.75) is 20.3 Å². The summed E-state index contributed by atoms with van der Waals surface area (Å²) in [6.45, 7) is 4.08.